The van der Waals surface area contributed by atoms with E-state index >= 15 is 0 Å². The van der Waals surface area contributed by atoms with Crippen LogP contribution in [0.25, 0.3) is 0 Å². The van der Waals surface area contributed by atoms with E-state index in [1.807, 2.05) is 12.1 Å². The molecule has 1 aromatic rings. The van der Waals surface area contributed by atoms with Crippen LogP contribution >= 0.6 is 15.9 Å². The Labute approximate surface area is 68.8 Å². The summed E-state index contributed by atoms with van der Waals surface area (Å²) in [5.41, 5.74) is 0. The maximum absolute atomic E-state index is 3.71. The van der Waals surface area contributed by atoms with E-state index < -0.39 is 0 Å². The third-order valence-corrected chi connectivity index (χ3v) is 1.02. The van der Waals surface area contributed by atoms with Crippen molar-refractivity contribution in [2.45, 2.75) is 0 Å². The van der Waals surface area contributed by atoms with Crippen LogP contribution in [0.4, 0.5) is 0 Å². The summed E-state index contributed by atoms with van der Waals surface area (Å²) in [5.74, 6) is 0. The number of hydrogen-bond acceptors (Lipinski definition) is 1. The molecule has 1 aromatic heterocycles. The zero-order chi connectivity index (χ0) is 5.11. The van der Waals surface area contributed by atoms with Crippen LogP contribution in [0.5, 0.6) is 0 Å². The summed E-state index contributed by atoms with van der Waals surface area (Å²) >= 11 is 3.19. The molecule has 0 aliphatic carbocycles. The van der Waals surface area contributed by atoms with Gasteiger partial charge in [-0.2, -0.15) is 12.1 Å². The zero-order valence-electron chi connectivity index (χ0n) is 4.56. The average molecular weight is 164 g/mol. The predicted octanol–water partition coefficient (Wildman–Crippen LogP) is -1.35. The molecular weight excluding hydrogens is 161 g/mol. The van der Waals surface area contributed by atoms with Crippen molar-refractivity contribution < 1.29 is 18.9 Å². The Morgan fingerprint density at radius 1 is 1.62 bits per heavy atom. The number of pyridine rings is 1. The summed E-state index contributed by atoms with van der Waals surface area (Å²) in [6.45, 7) is 0. The molecule has 0 aromatic carbocycles. The standard InChI is InChI=1S/C5H3BrN.Li/c6-5-2-1-3-7-4-5;/h1-3H;/q-1;+1. The largest absolute Gasteiger partial charge is 1.00 e. The molecule has 0 atom stereocenters. The van der Waals surface area contributed by atoms with Crippen molar-refractivity contribution in [2.24, 2.45) is 0 Å². The minimum atomic E-state index is 0. The second-order valence-corrected chi connectivity index (χ2v) is 1.95. The van der Waals surface area contributed by atoms with E-state index in [0.29, 0.717) is 0 Å². The molecule has 0 unspecified atom stereocenters. The van der Waals surface area contributed by atoms with E-state index in [0.717, 1.165) is 4.47 Å². The smallest absolute Gasteiger partial charge is 0.393 e. The molecular formula is C5H3BrLiN. The molecule has 1 heterocycles. The number of nitrogens with zero attached hydrogens (tertiary/aromatic N) is 1. The molecule has 0 N–H and O–H groups in total. The average Bonchev–Trinajstić information content (AvgIpc) is 1.69. The summed E-state index contributed by atoms with van der Waals surface area (Å²) in [6, 6.07) is 3.73. The SMILES string of the molecule is Brc1[c-]nccc1.[Li+]. The fourth-order valence-corrected chi connectivity index (χ4v) is 0.562. The van der Waals surface area contributed by atoms with Crippen LogP contribution in [-0.4, -0.2) is 4.98 Å². The van der Waals surface area contributed by atoms with Crippen molar-refractivity contribution >= 4 is 15.9 Å². The Morgan fingerprint density at radius 2 is 2.38 bits per heavy atom. The van der Waals surface area contributed by atoms with Gasteiger partial charge < -0.3 is 4.98 Å². The van der Waals surface area contributed by atoms with E-state index in [4.69, 9.17) is 0 Å². The third-order valence-electron chi connectivity index (χ3n) is 0.575. The molecule has 8 heavy (non-hydrogen) atoms. The van der Waals surface area contributed by atoms with Crippen molar-refractivity contribution in [1.82, 2.24) is 4.98 Å². The molecule has 36 valence electrons. The first-order valence-corrected chi connectivity index (χ1v) is 2.67. The molecule has 0 spiro atoms. The predicted molar refractivity (Wildman–Crippen MR) is 30.8 cm³/mol. The molecule has 0 amide bonds. The minimum Gasteiger partial charge on any atom is -0.393 e. The van der Waals surface area contributed by atoms with E-state index in [1.54, 1.807) is 6.20 Å². The van der Waals surface area contributed by atoms with Crippen molar-refractivity contribution in [2.75, 3.05) is 0 Å². The summed E-state index contributed by atoms with van der Waals surface area (Å²) in [6.07, 6.45) is 4.38. The van der Waals surface area contributed by atoms with Gasteiger partial charge in [-0.3, -0.25) is 0 Å². The fourth-order valence-electron chi connectivity index (χ4n) is 0.307. The van der Waals surface area contributed by atoms with Crippen LogP contribution < -0.4 is 18.9 Å². The summed E-state index contributed by atoms with van der Waals surface area (Å²) in [7, 11) is 0. The van der Waals surface area contributed by atoms with Crippen LogP contribution in [0, 0.1) is 6.20 Å². The van der Waals surface area contributed by atoms with Gasteiger partial charge in [0, 0.05) is 0 Å². The van der Waals surface area contributed by atoms with Crippen LogP contribution in [0.2, 0.25) is 0 Å². The van der Waals surface area contributed by atoms with Crippen LogP contribution in [0.15, 0.2) is 22.8 Å². The van der Waals surface area contributed by atoms with Crippen molar-refractivity contribution in [1.29, 1.82) is 0 Å². The second-order valence-electron chi connectivity index (χ2n) is 1.10. The molecule has 1 rings (SSSR count). The Balaban J connectivity index is 0.000000490. The molecule has 0 bridgehead atoms. The Morgan fingerprint density at radius 3 is 2.62 bits per heavy atom. The Hall–Kier alpha value is 0.227. The van der Waals surface area contributed by atoms with Gasteiger partial charge >= 0.3 is 18.9 Å². The molecule has 0 radical (unpaired) electrons. The Kier molecular flexibility index (Phi) is 4.26. The molecule has 0 fully saturated rings. The van der Waals surface area contributed by atoms with Gasteiger partial charge in [-0.15, -0.1) is 0 Å². The van der Waals surface area contributed by atoms with E-state index in [-0.39, 0.29) is 18.9 Å². The van der Waals surface area contributed by atoms with Gasteiger partial charge in [0.1, 0.15) is 0 Å². The molecule has 0 saturated heterocycles. The number of hydrogen-bond donors (Lipinski definition) is 0. The fraction of sp³-hybridized carbons (Fsp3) is 0. The van der Waals surface area contributed by atoms with Gasteiger partial charge in [0.15, 0.2) is 0 Å². The van der Waals surface area contributed by atoms with Gasteiger partial charge in [0.2, 0.25) is 0 Å². The maximum atomic E-state index is 3.71. The van der Waals surface area contributed by atoms with Gasteiger partial charge in [-0.1, -0.05) is 32.8 Å². The first kappa shape index (κ1) is 8.23. The van der Waals surface area contributed by atoms with E-state index in [9.17, 15) is 0 Å². The van der Waals surface area contributed by atoms with Gasteiger partial charge in [0.05, 0.1) is 0 Å². The monoisotopic (exact) mass is 163 g/mol. The zero-order valence-corrected chi connectivity index (χ0v) is 6.14. The van der Waals surface area contributed by atoms with Crippen LogP contribution in [-0.2, 0) is 0 Å². The summed E-state index contributed by atoms with van der Waals surface area (Å²) in [5, 5.41) is 0. The maximum Gasteiger partial charge on any atom is 1.00 e. The summed E-state index contributed by atoms with van der Waals surface area (Å²) < 4.78 is 0.898. The molecule has 0 aliphatic rings. The van der Waals surface area contributed by atoms with E-state index in [2.05, 4.69) is 27.1 Å². The Bertz CT molecular complexity index is 142. The number of aromatic nitrogens is 1. The van der Waals surface area contributed by atoms with Gasteiger partial charge in [-0.05, 0) is 0 Å². The topological polar surface area (TPSA) is 12.9 Å². The van der Waals surface area contributed by atoms with Crippen LogP contribution in [0.1, 0.15) is 0 Å². The molecule has 0 saturated carbocycles. The van der Waals surface area contributed by atoms with Gasteiger partial charge in [-0.25, -0.2) is 0 Å². The quantitative estimate of drug-likeness (QED) is 0.341. The van der Waals surface area contributed by atoms with Crippen molar-refractivity contribution in [3.05, 3.63) is 29.0 Å². The second kappa shape index (κ2) is 4.14. The van der Waals surface area contributed by atoms with Crippen molar-refractivity contribution in [3.8, 4) is 0 Å². The number of halogens is 1. The van der Waals surface area contributed by atoms with Gasteiger partial charge in [0.25, 0.3) is 0 Å². The van der Waals surface area contributed by atoms with Crippen LogP contribution in [0.3, 0.4) is 0 Å². The molecule has 0 aliphatic heterocycles. The normalized spacial score (nSPS) is 7.62. The third kappa shape index (κ3) is 2.51. The molecule has 3 heteroatoms. The minimum absolute atomic E-state index is 0. The van der Waals surface area contributed by atoms with Crippen molar-refractivity contribution in [3.63, 3.8) is 0 Å². The first-order chi connectivity index (χ1) is 3.39. The van der Waals surface area contributed by atoms with E-state index in [1.165, 1.54) is 0 Å². The molecule has 1 nitrogen and oxygen atoms in total. The number of rotatable bonds is 0. The summed E-state index contributed by atoms with van der Waals surface area (Å²) in [4.78, 5) is 3.71. The first-order valence-electron chi connectivity index (χ1n) is 1.88.